The van der Waals surface area contributed by atoms with Crippen LogP contribution in [-0.2, 0) is 6.54 Å². The smallest absolute Gasteiger partial charge is 0.142 e. The molecule has 19 heavy (non-hydrogen) atoms. The molecule has 0 amide bonds. The van der Waals surface area contributed by atoms with Crippen molar-refractivity contribution in [3.8, 4) is 11.4 Å². The van der Waals surface area contributed by atoms with Crippen molar-refractivity contribution < 1.29 is 0 Å². The van der Waals surface area contributed by atoms with Gasteiger partial charge in [-0.25, -0.2) is 9.97 Å². The molecule has 2 N–H and O–H groups in total. The van der Waals surface area contributed by atoms with Gasteiger partial charge in [0.1, 0.15) is 11.6 Å². The number of hydrogen-bond acceptors (Lipinski definition) is 3. The number of pyridine rings is 1. The lowest BCUT2D eigenvalue weighted by atomic mass is 10.2. The molecule has 0 atom stereocenters. The van der Waals surface area contributed by atoms with Gasteiger partial charge in [-0.3, -0.25) is 0 Å². The van der Waals surface area contributed by atoms with E-state index in [9.17, 15) is 0 Å². The van der Waals surface area contributed by atoms with Crippen LogP contribution in [0.15, 0.2) is 36.5 Å². The number of nitrogens with zero attached hydrogens (tertiary/aromatic N) is 3. The van der Waals surface area contributed by atoms with E-state index in [-0.39, 0.29) is 0 Å². The third-order valence-electron chi connectivity index (χ3n) is 3.07. The largest absolute Gasteiger partial charge is 0.384 e. The molecule has 1 aromatic carbocycles. The van der Waals surface area contributed by atoms with E-state index in [2.05, 4.69) is 21.5 Å². The number of aromatic nitrogens is 3. The van der Waals surface area contributed by atoms with Gasteiger partial charge in [-0.15, -0.1) is 0 Å². The van der Waals surface area contributed by atoms with E-state index < -0.39 is 0 Å². The minimum absolute atomic E-state index is 0.506. The van der Waals surface area contributed by atoms with E-state index in [1.54, 1.807) is 12.3 Å². The lowest BCUT2D eigenvalue weighted by molar-refractivity contribution is 0.796. The number of aryl methyl sites for hydroxylation is 1. The Labute approximate surface area is 115 Å². The zero-order valence-electron chi connectivity index (χ0n) is 10.5. The number of halogens is 1. The van der Waals surface area contributed by atoms with E-state index >= 15 is 0 Å². The van der Waals surface area contributed by atoms with Crippen LogP contribution in [0.25, 0.3) is 22.4 Å². The third kappa shape index (κ3) is 2.04. The number of imidazole rings is 1. The number of rotatable bonds is 2. The molecule has 0 unspecified atom stereocenters. The molecule has 3 rings (SSSR count). The number of nitrogen functional groups attached to an aromatic ring is 1. The van der Waals surface area contributed by atoms with Crippen molar-refractivity contribution in [2.75, 3.05) is 5.73 Å². The molecule has 4 nitrogen and oxygen atoms in total. The molecule has 5 heteroatoms. The molecule has 2 heterocycles. The second-order valence-corrected chi connectivity index (χ2v) is 4.72. The summed E-state index contributed by atoms with van der Waals surface area (Å²) >= 11 is 6.01. The Morgan fingerprint density at radius 2 is 2.11 bits per heavy atom. The minimum Gasteiger partial charge on any atom is -0.384 e. The minimum atomic E-state index is 0.506. The normalized spacial score (nSPS) is 11.1. The van der Waals surface area contributed by atoms with E-state index in [1.807, 2.05) is 24.3 Å². The third-order valence-corrected chi connectivity index (χ3v) is 3.31. The summed E-state index contributed by atoms with van der Waals surface area (Å²) in [6.07, 6.45) is 1.74. The Morgan fingerprint density at radius 3 is 2.79 bits per heavy atom. The Bertz CT molecular complexity index is 731. The zero-order valence-corrected chi connectivity index (χ0v) is 11.2. The van der Waals surface area contributed by atoms with Crippen molar-refractivity contribution >= 4 is 28.5 Å². The molecule has 0 radical (unpaired) electrons. The number of benzene rings is 1. The molecule has 0 fully saturated rings. The van der Waals surface area contributed by atoms with Crippen molar-refractivity contribution in [1.82, 2.24) is 14.5 Å². The lowest BCUT2D eigenvalue weighted by Crippen LogP contribution is -1.98. The summed E-state index contributed by atoms with van der Waals surface area (Å²) < 4.78 is 2.14. The van der Waals surface area contributed by atoms with Crippen LogP contribution in [0.4, 0.5) is 5.82 Å². The fourth-order valence-electron chi connectivity index (χ4n) is 2.18. The maximum absolute atomic E-state index is 6.01. The van der Waals surface area contributed by atoms with Crippen LogP contribution in [0.2, 0.25) is 5.02 Å². The summed E-state index contributed by atoms with van der Waals surface area (Å²) in [7, 11) is 0. The van der Waals surface area contributed by atoms with Crippen molar-refractivity contribution in [3.05, 3.63) is 41.6 Å². The summed E-state index contributed by atoms with van der Waals surface area (Å²) in [5, 5.41) is 0.690. The number of hydrogen-bond donors (Lipinski definition) is 1. The predicted octanol–water partition coefficient (Wildman–Crippen LogP) is 3.35. The predicted molar refractivity (Wildman–Crippen MR) is 78.1 cm³/mol. The molecule has 0 aliphatic heterocycles. The first-order valence-corrected chi connectivity index (χ1v) is 6.44. The average molecular weight is 273 g/mol. The first-order valence-electron chi connectivity index (χ1n) is 6.06. The van der Waals surface area contributed by atoms with Crippen LogP contribution in [0.1, 0.15) is 6.92 Å². The maximum atomic E-state index is 6.01. The van der Waals surface area contributed by atoms with Gasteiger partial charge in [0.25, 0.3) is 0 Å². The lowest BCUT2D eigenvalue weighted by Gasteiger charge is -2.05. The van der Waals surface area contributed by atoms with Crippen LogP contribution in [-0.4, -0.2) is 14.5 Å². The summed E-state index contributed by atoms with van der Waals surface area (Å²) in [5.41, 5.74) is 8.52. The summed E-state index contributed by atoms with van der Waals surface area (Å²) in [6, 6.07) is 9.45. The molecule has 3 aromatic rings. The average Bonchev–Trinajstić information content (AvgIpc) is 2.77. The van der Waals surface area contributed by atoms with Gasteiger partial charge in [-0.05, 0) is 37.3 Å². The first-order chi connectivity index (χ1) is 9.19. The number of nitrogens with two attached hydrogens (primary N) is 1. The maximum Gasteiger partial charge on any atom is 0.142 e. The number of anilines is 1. The molecule has 0 spiro atoms. The van der Waals surface area contributed by atoms with Gasteiger partial charge in [0.15, 0.2) is 0 Å². The van der Waals surface area contributed by atoms with Crippen LogP contribution in [0, 0.1) is 0 Å². The van der Waals surface area contributed by atoms with Gasteiger partial charge < -0.3 is 10.3 Å². The second kappa shape index (κ2) is 4.55. The molecule has 2 aromatic heterocycles. The van der Waals surface area contributed by atoms with Crippen molar-refractivity contribution in [2.45, 2.75) is 13.5 Å². The molecule has 0 saturated heterocycles. The fraction of sp³-hybridized carbons (Fsp3) is 0.143. The Balaban J connectivity index is 2.25. The highest BCUT2D eigenvalue weighted by atomic mass is 35.5. The topological polar surface area (TPSA) is 56.7 Å². The second-order valence-electron chi connectivity index (χ2n) is 4.28. The first kappa shape index (κ1) is 12.0. The SMILES string of the molecule is CCn1c(-c2ccc(N)nc2)nc2cc(Cl)ccc21. The molecule has 0 aliphatic rings. The standard InChI is InChI=1S/C14H13ClN4/c1-2-19-12-5-4-10(15)7-11(12)18-14(19)9-3-6-13(16)17-8-9/h3-8H,2H2,1H3,(H2,16,17). The van der Waals surface area contributed by atoms with Gasteiger partial charge in [0, 0.05) is 23.3 Å². The quantitative estimate of drug-likeness (QED) is 0.778. The summed E-state index contributed by atoms with van der Waals surface area (Å²) in [5.74, 6) is 1.39. The molecule has 96 valence electrons. The van der Waals surface area contributed by atoms with Gasteiger partial charge in [-0.2, -0.15) is 0 Å². The monoisotopic (exact) mass is 272 g/mol. The zero-order chi connectivity index (χ0) is 13.4. The van der Waals surface area contributed by atoms with Crippen LogP contribution < -0.4 is 5.73 Å². The van der Waals surface area contributed by atoms with Gasteiger partial charge in [-0.1, -0.05) is 11.6 Å². The van der Waals surface area contributed by atoms with Crippen molar-refractivity contribution in [2.24, 2.45) is 0 Å². The Hall–Kier alpha value is -2.07. The molecule has 0 aliphatic carbocycles. The van der Waals surface area contributed by atoms with Crippen molar-refractivity contribution in [3.63, 3.8) is 0 Å². The van der Waals surface area contributed by atoms with Crippen LogP contribution in [0.3, 0.4) is 0 Å². The highest BCUT2D eigenvalue weighted by Gasteiger charge is 2.11. The Morgan fingerprint density at radius 1 is 1.26 bits per heavy atom. The van der Waals surface area contributed by atoms with E-state index in [1.165, 1.54) is 0 Å². The number of fused-ring (bicyclic) bond motifs is 1. The highest BCUT2D eigenvalue weighted by Crippen LogP contribution is 2.26. The van der Waals surface area contributed by atoms with Gasteiger partial charge in [0.05, 0.1) is 11.0 Å². The van der Waals surface area contributed by atoms with Crippen molar-refractivity contribution in [1.29, 1.82) is 0 Å². The van der Waals surface area contributed by atoms with Gasteiger partial charge in [0.2, 0.25) is 0 Å². The van der Waals surface area contributed by atoms with Crippen LogP contribution in [0.5, 0.6) is 0 Å². The summed E-state index contributed by atoms with van der Waals surface area (Å²) in [4.78, 5) is 8.76. The van der Waals surface area contributed by atoms with E-state index in [4.69, 9.17) is 17.3 Å². The van der Waals surface area contributed by atoms with Gasteiger partial charge >= 0.3 is 0 Å². The van der Waals surface area contributed by atoms with E-state index in [0.29, 0.717) is 10.8 Å². The summed E-state index contributed by atoms with van der Waals surface area (Å²) in [6.45, 7) is 2.92. The molecular formula is C14H13ClN4. The fourth-order valence-corrected chi connectivity index (χ4v) is 2.35. The van der Waals surface area contributed by atoms with E-state index in [0.717, 1.165) is 29.0 Å². The highest BCUT2D eigenvalue weighted by molar-refractivity contribution is 6.31. The molecular weight excluding hydrogens is 260 g/mol. The Kier molecular flexibility index (Phi) is 2.87. The molecule has 0 bridgehead atoms. The molecule has 0 saturated carbocycles. The van der Waals surface area contributed by atoms with Crippen LogP contribution >= 0.6 is 11.6 Å².